The fourth-order valence-electron chi connectivity index (χ4n) is 3.24. The van der Waals surface area contributed by atoms with Gasteiger partial charge in [-0.15, -0.1) is 0 Å². The average molecular weight is 199 g/mol. The lowest BCUT2D eigenvalue weighted by atomic mass is 9.46. The van der Waals surface area contributed by atoms with Crippen LogP contribution in [0.5, 0.6) is 0 Å². The predicted octanol–water partition coefficient (Wildman–Crippen LogP) is 2.02. The van der Waals surface area contributed by atoms with E-state index in [0.29, 0.717) is 12.0 Å². The van der Waals surface area contributed by atoms with Crippen molar-refractivity contribution < 1.29 is 5.11 Å². The van der Waals surface area contributed by atoms with Gasteiger partial charge in [0.15, 0.2) is 0 Å². The zero-order valence-corrected chi connectivity index (χ0v) is 9.79. The molecule has 0 heterocycles. The fourth-order valence-corrected chi connectivity index (χ4v) is 3.24. The van der Waals surface area contributed by atoms with Crippen LogP contribution in [0.2, 0.25) is 0 Å². The molecule has 84 valence electrons. The van der Waals surface area contributed by atoms with Gasteiger partial charge in [-0.05, 0) is 55.9 Å². The predicted molar refractivity (Wildman–Crippen MR) is 59.9 cm³/mol. The molecule has 14 heavy (non-hydrogen) atoms. The minimum Gasteiger partial charge on any atom is -0.396 e. The lowest BCUT2D eigenvalue weighted by Gasteiger charge is -2.59. The number of aliphatic hydroxyl groups is 1. The highest BCUT2D eigenvalue weighted by Crippen LogP contribution is 2.60. The number of aliphatic hydroxyl groups excluding tert-OH is 1. The number of rotatable bonds is 2. The molecule has 2 nitrogen and oxygen atoms in total. The SMILES string of the molecule is CC1(C)C2CC(CCO)CC1C2.CN. The maximum absolute atomic E-state index is 8.85. The Morgan fingerprint density at radius 3 is 2.00 bits per heavy atom. The van der Waals surface area contributed by atoms with E-state index >= 15 is 0 Å². The summed E-state index contributed by atoms with van der Waals surface area (Å²) in [6.07, 6.45) is 5.27. The molecule has 3 saturated carbocycles. The minimum atomic E-state index is 0.393. The largest absolute Gasteiger partial charge is 0.396 e. The third-order valence-corrected chi connectivity index (χ3v) is 4.45. The summed E-state index contributed by atoms with van der Waals surface area (Å²) in [5.41, 5.74) is 5.13. The molecule has 2 unspecified atom stereocenters. The number of hydrogen-bond donors (Lipinski definition) is 2. The maximum Gasteiger partial charge on any atom is 0.0433 e. The molecule has 3 N–H and O–H groups in total. The van der Waals surface area contributed by atoms with Crippen LogP contribution in [0.15, 0.2) is 0 Å². The van der Waals surface area contributed by atoms with Crippen molar-refractivity contribution in [1.82, 2.24) is 0 Å². The van der Waals surface area contributed by atoms with Crippen molar-refractivity contribution in [1.29, 1.82) is 0 Å². The third kappa shape index (κ3) is 1.96. The summed E-state index contributed by atoms with van der Waals surface area (Å²) in [5, 5.41) is 8.85. The second kappa shape index (κ2) is 4.63. The monoisotopic (exact) mass is 199 g/mol. The van der Waals surface area contributed by atoms with Crippen LogP contribution < -0.4 is 5.73 Å². The molecule has 0 aromatic rings. The molecule has 2 heteroatoms. The van der Waals surface area contributed by atoms with Crippen molar-refractivity contribution in [3.63, 3.8) is 0 Å². The summed E-state index contributed by atoms with van der Waals surface area (Å²) in [6, 6.07) is 0. The molecule has 0 saturated heterocycles. The first-order chi connectivity index (χ1) is 6.64. The molecule has 0 radical (unpaired) electrons. The Morgan fingerprint density at radius 1 is 1.14 bits per heavy atom. The van der Waals surface area contributed by atoms with Crippen LogP contribution in [0.3, 0.4) is 0 Å². The minimum absolute atomic E-state index is 0.393. The van der Waals surface area contributed by atoms with Crippen LogP contribution in [-0.2, 0) is 0 Å². The first-order valence-electron chi connectivity index (χ1n) is 5.83. The summed E-state index contributed by atoms with van der Waals surface area (Å²) in [4.78, 5) is 0. The molecule has 2 bridgehead atoms. The highest BCUT2D eigenvalue weighted by atomic mass is 16.3. The van der Waals surface area contributed by atoms with Gasteiger partial charge in [0.2, 0.25) is 0 Å². The molecule has 0 spiro atoms. The highest BCUT2D eigenvalue weighted by Gasteiger charge is 2.52. The standard InChI is InChI=1S/C11H20O.CH5N/c1-11(2)9-5-8(3-4-12)6-10(11)7-9;1-2/h8-10,12H,3-7H2,1-2H3;2H2,1H3. The molecule has 0 aromatic heterocycles. The number of nitrogens with two attached hydrogens (primary N) is 1. The van der Waals surface area contributed by atoms with E-state index in [2.05, 4.69) is 19.6 Å². The summed E-state index contributed by atoms with van der Waals surface area (Å²) < 4.78 is 0. The van der Waals surface area contributed by atoms with E-state index in [4.69, 9.17) is 5.11 Å². The Hall–Kier alpha value is -0.0800. The van der Waals surface area contributed by atoms with Crippen LogP contribution in [0.25, 0.3) is 0 Å². The molecule has 3 aliphatic carbocycles. The Balaban J connectivity index is 0.000000461. The molecule has 0 aliphatic heterocycles. The van der Waals surface area contributed by atoms with Gasteiger partial charge in [-0.25, -0.2) is 0 Å². The van der Waals surface area contributed by atoms with Gasteiger partial charge in [0.05, 0.1) is 0 Å². The lowest BCUT2D eigenvalue weighted by Crippen LogP contribution is -2.50. The molecule has 0 amide bonds. The van der Waals surface area contributed by atoms with Crippen molar-refractivity contribution in [3.05, 3.63) is 0 Å². The van der Waals surface area contributed by atoms with Crippen molar-refractivity contribution >= 4 is 0 Å². The summed E-state index contributed by atoms with van der Waals surface area (Å²) in [7, 11) is 1.50. The van der Waals surface area contributed by atoms with Crippen LogP contribution in [-0.4, -0.2) is 18.8 Å². The van der Waals surface area contributed by atoms with E-state index in [9.17, 15) is 0 Å². The van der Waals surface area contributed by atoms with Gasteiger partial charge in [-0.2, -0.15) is 0 Å². The maximum atomic E-state index is 8.85. The van der Waals surface area contributed by atoms with Gasteiger partial charge >= 0.3 is 0 Å². The van der Waals surface area contributed by atoms with Crippen LogP contribution >= 0.6 is 0 Å². The third-order valence-electron chi connectivity index (χ3n) is 4.45. The average Bonchev–Trinajstić information content (AvgIpc) is 2.21. The van der Waals surface area contributed by atoms with Crippen molar-refractivity contribution in [2.45, 2.75) is 39.5 Å². The molecule has 2 atom stereocenters. The number of hydrogen-bond acceptors (Lipinski definition) is 2. The van der Waals surface area contributed by atoms with Crippen LogP contribution in [0.4, 0.5) is 0 Å². The van der Waals surface area contributed by atoms with Gasteiger partial charge in [0, 0.05) is 6.61 Å². The fraction of sp³-hybridized carbons (Fsp3) is 1.00. The first-order valence-corrected chi connectivity index (χ1v) is 5.83. The Morgan fingerprint density at radius 2 is 1.64 bits per heavy atom. The summed E-state index contributed by atoms with van der Waals surface area (Å²) in [6.45, 7) is 5.23. The normalized spacial score (nSPS) is 37.9. The van der Waals surface area contributed by atoms with Gasteiger partial charge in [0.25, 0.3) is 0 Å². The molecular weight excluding hydrogens is 174 g/mol. The first kappa shape index (κ1) is 12.0. The van der Waals surface area contributed by atoms with Crippen molar-refractivity contribution in [2.75, 3.05) is 13.7 Å². The Labute approximate surface area is 87.9 Å². The van der Waals surface area contributed by atoms with E-state index in [1.165, 1.54) is 26.3 Å². The molecule has 0 aromatic carbocycles. The molecule has 3 rings (SSSR count). The zero-order chi connectivity index (χ0) is 10.8. The van der Waals surface area contributed by atoms with Gasteiger partial charge < -0.3 is 10.8 Å². The van der Waals surface area contributed by atoms with Gasteiger partial charge in [-0.3, -0.25) is 0 Å². The highest BCUT2D eigenvalue weighted by molar-refractivity contribution is 5.01. The van der Waals surface area contributed by atoms with Crippen LogP contribution in [0.1, 0.15) is 39.5 Å². The van der Waals surface area contributed by atoms with E-state index < -0.39 is 0 Å². The molecule has 3 fully saturated rings. The van der Waals surface area contributed by atoms with Gasteiger partial charge in [-0.1, -0.05) is 13.8 Å². The molecule has 3 aliphatic rings. The second-order valence-corrected chi connectivity index (χ2v) is 5.30. The lowest BCUT2D eigenvalue weighted by molar-refractivity contribution is -0.0929. The Kier molecular flexibility index (Phi) is 3.96. The van der Waals surface area contributed by atoms with Crippen molar-refractivity contribution in [3.8, 4) is 0 Å². The second-order valence-electron chi connectivity index (χ2n) is 5.30. The molecular formula is C12H25NO. The van der Waals surface area contributed by atoms with E-state index in [1.807, 2.05) is 0 Å². The topological polar surface area (TPSA) is 46.2 Å². The van der Waals surface area contributed by atoms with Crippen molar-refractivity contribution in [2.24, 2.45) is 28.9 Å². The zero-order valence-electron chi connectivity index (χ0n) is 9.79. The van der Waals surface area contributed by atoms with Crippen LogP contribution in [0, 0.1) is 23.2 Å². The smallest absolute Gasteiger partial charge is 0.0433 e. The van der Waals surface area contributed by atoms with E-state index in [-0.39, 0.29) is 0 Å². The van der Waals surface area contributed by atoms with E-state index in [1.54, 1.807) is 0 Å². The van der Waals surface area contributed by atoms with E-state index in [0.717, 1.165) is 24.2 Å². The van der Waals surface area contributed by atoms with Gasteiger partial charge in [0.1, 0.15) is 0 Å². The Bertz CT molecular complexity index is 165. The summed E-state index contributed by atoms with van der Waals surface area (Å²) in [5.74, 6) is 2.77. The summed E-state index contributed by atoms with van der Waals surface area (Å²) >= 11 is 0. The quantitative estimate of drug-likeness (QED) is 0.714. The number of fused-ring (bicyclic) bond motifs is 2.